The Labute approximate surface area is 69.5 Å². The molecule has 1 aromatic rings. The summed E-state index contributed by atoms with van der Waals surface area (Å²) in [6.07, 6.45) is 0. The Morgan fingerprint density at radius 2 is 2.00 bits per heavy atom. The molecule has 0 fully saturated rings. The molecule has 2 N–H and O–H groups in total. The van der Waals surface area contributed by atoms with Crippen LogP contribution in [-0.2, 0) is 0 Å². The maximum Gasteiger partial charge on any atom is 0.119 e. The zero-order valence-corrected chi connectivity index (χ0v) is 7.29. The number of nitrogens with two attached hydrogens (primary N) is 1. The summed E-state index contributed by atoms with van der Waals surface area (Å²) in [7, 11) is 3.18. The second kappa shape index (κ2) is 5.74. The molecule has 64 valence electrons. The normalized spacial score (nSPS) is 8.00. The fourth-order valence-corrected chi connectivity index (χ4v) is 0.742. The van der Waals surface area contributed by atoms with Crippen molar-refractivity contribution in [2.75, 3.05) is 14.2 Å². The molecular formula is C9H17NO. The van der Waals surface area contributed by atoms with Crippen LogP contribution in [-0.4, -0.2) is 14.2 Å². The second-order valence-corrected chi connectivity index (χ2v) is 2.02. The van der Waals surface area contributed by atoms with E-state index < -0.39 is 0 Å². The summed E-state index contributed by atoms with van der Waals surface area (Å²) in [4.78, 5) is 0. The van der Waals surface area contributed by atoms with E-state index in [1.54, 1.807) is 7.11 Å². The average molecular weight is 155 g/mol. The molecule has 0 aromatic heterocycles. The van der Waals surface area contributed by atoms with E-state index in [0.29, 0.717) is 0 Å². The van der Waals surface area contributed by atoms with E-state index >= 15 is 0 Å². The first-order valence-electron chi connectivity index (χ1n) is 3.51. The van der Waals surface area contributed by atoms with Gasteiger partial charge in [-0.05, 0) is 31.7 Å². The van der Waals surface area contributed by atoms with Crippen LogP contribution in [0.3, 0.4) is 0 Å². The molecule has 1 aromatic carbocycles. The summed E-state index contributed by atoms with van der Waals surface area (Å²) < 4.78 is 5.00. The third kappa shape index (κ3) is 3.63. The smallest absolute Gasteiger partial charge is 0.119 e. The standard InChI is InChI=1S/C8H10O.CH5N.H2/c1-7-4-3-5-8(6-7)9-2;1-2;/h3-6H,1-2H3;2H2,1H3;1H. The van der Waals surface area contributed by atoms with Gasteiger partial charge in [0.2, 0.25) is 0 Å². The van der Waals surface area contributed by atoms with E-state index in [1.807, 2.05) is 31.2 Å². The summed E-state index contributed by atoms with van der Waals surface area (Å²) in [6.45, 7) is 2.04. The van der Waals surface area contributed by atoms with Crippen molar-refractivity contribution in [3.8, 4) is 5.75 Å². The van der Waals surface area contributed by atoms with Gasteiger partial charge in [0.15, 0.2) is 0 Å². The number of benzene rings is 1. The molecule has 0 saturated heterocycles. The van der Waals surface area contributed by atoms with Gasteiger partial charge in [0.05, 0.1) is 7.11 Å². The monoisotopic (exact) mass is 155 g/mol. The van der Waals surface area contributed by atoms with Crippen molar-refractivity contribution in [3.63, 3.8) is 0 Å². The van der Waals surface area contributed by atoms with Gasteiger partial charge in [-0.2, -0.15) is 0 Å². The molecule has 0 amide bonds. The van der Waals surface area contributed by atoms with Crippen molar-refractivity contribution in [3.05, 3.63) is 29.8 Å². The molecule has 11 heavy (non-hydrogen) atoms. The number of methoxy groups -OCH3 is 1. The van der Waals surface area contributed by atoms with Gasteiger partial charge in [-0.15, -0.1) is 0 Å². The summed E-state index contributed by atoms with van der Waals surface area (Å²) in [6, 6.07) is 7.96. The van der Waals surface area contributed by atoms with Crippen molar-refractivity contribution >= 4 is 0 Å². The second-order valence-electron chi connectivity index (χ2n) is 2.02. The highest BCUT2D eigenvalue weighted by Gasteiger charge is 1.86. The molecule has 1 rings (SSSR count). The quantitative estimate of drug-likeness (QED) is 0.671. The minimum absolute atomic E-state index is 0. The third-order valence-corrected chi connectivity index (χ3v) is 1.23. The maximum atomic E-state index is 5.00. The number of hydrogen-bond donors (Lipinski definition) is 1. The maximum absolute atomic E-state index is 5.00. The molecule has 0 unspecified atom stereocenters. The largest absolute Gasteiger partial charge is 0.497 e. The predicted molar refractivity (Wildman–Crippen MR) is 50.0 cm³/mol. The minimum Gasteiger partial charge on any atom is -0.497 e. The average Bonchev–Trinajstić information content (AvgIpc) is 2.08. The lowest BCUT2D eigenvalue weighted by Gasteiger charge is -1.97. The zero-order chi connectivity index (χ0) is 8.69. The predicted octanol–water partition coefficient (Wildman–Crippen LogP) is 1.82. The van der Waals surface area contributed by atoms with Crippen LogP contribution in [0.5, 0.6) is 5.75 Å². The molecule has 0 heterocycles. The Bertz CT molecular complexity index is 203. The van der Waals surface area contributed by atoms with Crippen LogP contribution in [0.4, 0.5) is 0 Å². The van der Waals surface area contributed by atoms with E-state index in [4.69, 9.17) is 4.74 Å². The van der Waals surface area contributed by atoms with Crippen LogP contribution in [0.25, 0.3) is 0 Å². The lowest BCUT2D eigenvalue weighted by molar-refractivity contribution is 0.414. The van der Waals surface area contributed by atoms with Gasteiger partial charge in [0.25, 0.3) is 0 Å². The summed E-state index contributed by atoms with van der Waals surface area (Å²) in [5, 5.41) is 0. The molecule has 0 bridgehead atoms. The van der Waals surface area contributed by atoms with Crippen LogP contribution in [0, 0.1) is 6.92 Å². The molecule has 2 heteroatoms. The summed E-state index contributed by atoms with van der Waals surface area (Å²) in [5.41, 5.74) is 5.73. The Balaban J connectivity index is 0. The topological polar surface area (TPSA) is 35.2 Å². The molecule has 0 atom stereocenters. The number of rotatable bonds is 1. The van der Waals surface area contributed by atoms with Crippen molar-refractivity contribution in [1.82, 2.24) is 0 Å². The Kier molecular flexibility index (Phi) is 5.21. The fraction of sp³-hybridized carbons (Fsp3) is 0.333. The van der Waals surface area contributed by atoms with E-state index in [2.05, 4.69) is 5.73 Å². The Hall–Kier alpha value is -1.02. The van der Waals surface area contributed by atoms with E-state index in [1.165, 1.54) is 12.6 Å². The highest BCUT2D eigenvalue weighted by atomic mass is 16.5. The van der Waals surface area contributed by atoms with Crippen LogP contribution in [0.1, 0.15) is 6.99 Å². The fourth-order valence-electron chi connectivity index (χ4n) is 0.742. The highest BCUT2D eigenvalue weighted by molar-refractivity contribution is 5.27. The number of hydrogen-bond acceptors (Lipinski definition) is 2. The van der Waals surface area contributed by atoms with Gasteiger partial charge in [-0.3, -0.25) is 0 Å². The number of aryl methyl sites for hydroxylation is 1. The van der Waals surface area contributed by atoms with Crippen LogP contribution in [0.15, 0.2) is 24.3 Å². The van der Waals surface area contributed by atoms with Gasteiger partial charge in [-0.25, -0.2) is 0 Å². The van der Waals surface area contributed by atoms with Gasteiger partial charge < -0.3 is 10.5 Å². The van der Waals surface area contributed by atoms with Gasteiger partial charge in [0.1, 0.15) is 5.75 Å². The highest BCUT2D eigenvalue weighted by Crippen LogP contribution is 2.10. The zero-order valence-electron chi connectivity index (χ0n) is 7.29. The minimum atomic E-state index is 0. The lowest BCUT2D eigenvalue weighted by Crippen LogP contribution is -1.81. The van der Waals surface area contributed by atoms with Crippen molar-refractivity contribution < 1.29 is 6.16 Å². The third-order valence-electron chi connectivity index (χ3n) is 1.23. The first kappa shape index (κ1) is 9.98. The molecule has 0 saturated carbocycles. The Morgan fingerprint density at radius 1 is 1.36 bits per heavy atom. The van der Waals surface area contributed by atoms with Gasteiger partial charge in [0, 0.05) is 1.43 Å². The van der Waals surface area contributed by atoms with Crippen molar-refractivity contribution in [2.45, 2.75) is 6.92 Å². The van der Waals surface area contributed by atoms with Crippen molar-refractivity contribution in [2.24, 2.45) is 5.73 Å². The molecule has 0 spiro atoms. The summed E-state index contributed by atoms with van der Waals surface area (Å²) >= 11 is 0. The van der Waals surface area contributed by atoms with Crippen molar-refractivity contribution in [1.29, 1.82) is 0 Å². The van der Waals surface area contributed by atoms with Gasteiger partial charge >= 0.3 is 0 Å². The lowest BCUT2D eigenvalue weighted by atomic mass is 10.2. The first-order valence-corrected chi connectivity index (χ1v) is 3.51. The van der Waals surface area contributed by atoms with E-state index in [-0.39, 0.29) is 1.43 Å². The molecule has 0 radical (unpaired) electrons. The molecule has 2 nitrogen and oxygen atoms in total. The van der Waals surface area contributed by atoms with Crippen LogP contribution >= 0.6 is 0 Å². The molecule has 0 aliphatic carbocycles. The SMILES string of the molecule is CN.COc1cccc(C)c1.[HH]. The summed E-state index contributed by atoms with van der Waals surface area (Å²) in [5.74, 6) is 0.926. The number of ether oxygens (including phenoxy) is 1. The molecular weight excluding hydrogens is 138 g/mol. The van der Waals surface area contributed by atoms with Gasteiger partial charge in [-0.1, -0.05) is 12.1 Å². The molecule has 0 aliphatic rings. The van der Waals surface area contributed by atoms with Crippen LogP contribution in [0.2, 0.25) is 0 Å². The first-order chi connectivity index (χ1) is 5.33. The van der Waals surface area contributed by atoms with E-state index in [9.17, 15) is 0 Å². The Morgan fingerprint density at radius 3 is 2.36 bits per heavy atom. The van der Waals surface area contributed by atoms with E-state index in [0.717, 1.165) is 5.75 Å². The van der Waals surface area contributed by atoms with Crippen LogP contribution < -0.4 is 10.5 Å². The molecule has 0 aliphatic heterocycles.